The van der Waals surface area contributed by atoms with Crippen molar-refractivity contribution in [3.8, 4) is 17.2 Å². The Bertz CT molecular complexity index is 921. The van der Waals surface area contributed by atoms with Crippen molar-refractivity contribution in [3.63, 3.8) is 0 Å². The van der Waals surface area contributed by atoms with Crippen LogP contribution in [0.3, 0.4) is 0 Å². The fourth-order valence-corrected chi connectivity index (χ4v) is 3.62. The van der Waals surface area contributed by atoms with Crippen LogP contribution in [0.25, 0.3) is 0 Å². The van der Waals surface area contributed by atoms with Crippen LogP contribution in [0, 0.1) is 5.41 Å². The lowest BCUT2D eigenvalue weighted by Crippen LogP contribution is -2.40. The number of hydrogen-bond acceptors (Lipinski definition) is 8. The number of rotatable bonds is 11. The molecule has 0 aliphatic carbocycles. The van der Waals surface area contributed by atoms with Crippen molar-refractivity contribution in [1.29, 1.82) is 5.41 Å². The number of aliphatic hydroxyl groups excluding tert-OH is 2. The molecule has 6 N–H and O–H groups in total. The highest BCUT2D eigenvalue weighted by atomic mass is 16.7. The smallest absolute Gasteiger partial charge is 0.202 e. The largest absolute Gasteiger partial charge is 0.490 e. The second kappa shape index (κ2) is 11.7. The highest BCUT2D eigenvalue weighted by Gasteiger charge is 2.30. The minimum Gasteiger partial charge on any atom is -0.490 e. The van der Waals surface area contributed by atoms with Crippen molar-refractivity contribution in [2.45, 2.75) is 51.7 Å². The van der Waals surface area contributed by atoms with Crippen LogP contribution >= 0.6 is 0 Å². The molecule has 0 amide bonds. The molecular weight excluding hydrogens is 426 g/mol. The molecule has 1 aliphatic heterocycles. The van der Waals surface area contributed by atoms with E-state index in [1.165, 1.54) is 0 Å². The maximum Gasteiger partial charge on any atom is 0.202 e. The van der Waals surface area contributed by atoms with E-state index in [9.17, 15) is 10.2 Å². The molecule has 2 aromatic carbocycles. The van der Waals surface area contributed by atoms with Crippen LogP contribution in [0.15, 0.2) is 36.4 Å². The van der Waals surface area contributed by atoms with Crippen LogP contribution in [-0.2, 0) is 11.3 Å². The predicted molar refractivity (Wildman–Crippen MR) is 125 cm³/mol. The summed E-state index contributed by atoms with van der Waals surface area (Å²) in [6.07, 6.45) is -1.13. The predicted octanol–water partition coefficient (Wildman–Crippen LogP) is 2.62. The summed E-state index contributed by atoms with van der Waals surface area (Å²) in [7, 11) is 0. The molecular formula is C24H33N3O6. The Hall–Kier alpha value is -3.01. The molecule has 1 heterocycles. The molecule has 0 spiro atoms. The van der Waals surface area contributed by atoms with Crippen molar-refractivity contribution in [2.24, 2.45) is 5.73 Å². The van der Waals surface area contributed by atoms with Gasteiger partial charge in [-0.15, -0.1) is 0 Å². The first kappa shape index (κ1) is 24.6. The Kier molecular flexibility index (Phi) is 8.76. The van der Waals surface area contributed by atoms with E-state index in [1.807, 2.05) is 32.0 Å². The lowest BCUT2D eigenvalue weighted by Gasteiger charge is -2.32. The normalized spacial score (nSPS) is 20.2. The number of anilines is 1. The third-order valence-corrected chi connectivity index (χ3v) is 5.21. The summed E-state index contributed by atoms with van der Waals surface area (Å²) in [5, 5.41) is 30.5. The third-order valence-electron chi connectivity index (χ3n) is 5.21. The zero-order valence-electron chi connectivity index (χ0n) is 19.0. The number of nitrogen functional groups attached to an aromatic ring is 1. The molecule has 0 radical (unpaired) electrons. The Labute approximate surface area is 193 Å². The van der Waals surface area contributed by atoms with Gasteiger partial charge in [0.2, 0.25) is 6.29 Å². The van der Waals surface area contributed by atoms with E-state index in [2.05, 4.69) is 5.32 Å². The first-order valence-corrected chi connectivity index (χ1v) is 11.1. The fraction of sp³-hybridized carbons (Fsp3) is 0.458. The van der Waals surface area contributed by atoms with Gasteiger partial charge in [0.05, 0.1) is 32.0 Å². The van der Waals surface area contributed by atoms with Gasteiger partial charge in [-0.1, -0.05) is 0 Å². The van der Waals surface area contributed by atoms with Crippen molar-refractivity contribution in [1.82, 2.24) is 0 Å². The second-order valence-electron chi connectivity index (χ2n) is 7.73. The highest BCUT2D eigenvalue weighted by Crippen LogP contribution is 2.37. The third kappa shape index (κ3) is 6.74. The van der Waals surface area contributed by atoms with Crippen LogP contribution in [0.1, 0.15) is 37.8 Å². The van der Waals surface area contributed by atoms with Crippen LogP contribution in [-0.4, -0.2) is 54.4 Å². The van der Waals surface area contributed by atoms with E-state index in [-0.39, 0.29) is 12.4 Å². The molecule has 1 aliphatic rings. The van der Waals surface area contributed by atoms with Crippen LogP contribution < -0.4 is 25.3 Å². The molecule has 1 unspecified atom stereocenters. The van der Waals surface area contributed by atoms with Gasteiger partial charge in [-0.05, 0) is 44.2 Å². The SMILES string of the molecule is CCOc1cc(CNc2ccc(C(=N)N)cc2)c(O[C@H]2CC(O)C[C@@H](CO)O2)cc1OCC. The van der Waals surface area contributed by atoms with Crippen LogP contribution in [0.4, 0.5) is 5.69 Å². The van der Waals surface area contributed by atoms with E-state index < -0.39 is 18.5 Å². The van der Waals surface area contributed by atoms with Crippen LogP contribution in [0.2, 0.25) is 0 Å². The number of benzene rings is 2. The summed E-state index contributed by atoms with van der Waals surface area (Å²) in [4.78, 5) is 0. The van der Waals surface area contributed by atoms with Gasteiger partial charge in [-0.25, -0.2) is 0 Å². The Morgan fingerprint density at radius 2 is 1.76 bits per heavy atom. The van der Waals surface area contributed by atoms with Gasteiger partial charge >= 0.3 is 0 Å². The van der Waals surface area contributed by atoms with E-state index in [1.54, 1.807) is 18.2 Å². The molecule has 0 aromatic heterocycles. The monoisotopic (exact) mass is 459 g/mol. The molecule has 1 saturated heterocycles. The van der Waals surface area contributed by atoms with Gasteiger partial charge in [0.15, 0.2) is 11.5 Å². The second-order valence-corrected chi connectivity index (χ2v) is 7.73. The maximum absolute atomic E-state index is 10.1. The number of aliphatic hydroxyl groups is 2. The zero-order valence-corrected chi connectivity index (χ0v) is 19.0. The molecule has 0 bridgehead atoms. The average molecular weight is 460 g/mol. The Morgan fingerprint density at radius 3 is 2.36 bits per heavy atom. The Morgan fingerprint density at radius 1 is 1.09 bits per heavy atom. The van der Waals surface area contributed by atoms with Gasteiger partial charge < -0.3 is 40.2 Å². The van der Waals surface area contributed by atoms with Crippen molar-refractivity contribution in [3.05, 3.63) is 47.5 Å². The first-order valence-electron chi connectivity index (χ1n) is 11.1. The van der Waals surface area contributed by atoms with E-state index >= 15 is 0 Å². The lowest BCUT2D eigenvalue weighted by atomic mass is 10.1. The molecule has 3 rings (SSSR count). The van der Waals surface area contributed by atoms with Gasteiger partial charge in [0.25, 0.3) is 0 Å². The number of amidine groups is 1. The maximum atomic E-state index is 10.1. The fourth-order valence-electron chi connectivity index (χ4n) is 3.62. The molecule has 3 atom stereocenters. The zero-order chi connectivity index (χ0) is 23.8. The van der Waals surface area contributed by atoms with Gasteiger partial charge in [0.1, 0.15) is 11.6 Å². The summed E-state index contributed by atoms with van der Waals surface area (Å²) in [6, 6.07) is 10.9. The van der Waals surface area contributed by atoms with Crippen molar-refractivity contribution < 1.29 is 29.2 Å². The summed E-state index contributed by atoms with van der Waals surface area (Å²) in [6.45, 7) is 4.97. The number of nitrogens with one attached hydrogen (secondary N) is 2. The molecule has 0 saturated carbocycles. The highest BCUT2D eigenvalue weighted by molar-refractivity contribution is 5.95. The lowest BCUT2D eigenvalue weighted by molar-refractivity contribution is -0.184. The topological polar surface area (TPSA) is 139 Å². The summed E-state index contributed by atoms with van der Waals surface area (Å²) in [5.74, 6) is 1.71. The summed E-state index contributed by atoms with van der Waals surface area (Å²) >= 11 is 0. The quantitative estimate of drug-likeness (QED) is 0.255. The number of ether oxygens (including phenoxy) is 4. The molecule has 9 heteroatoms. The van der Waals surface area contributed by atoms with Gasteiger partial charge in [-0.3, -0.25) is 5.41 Å². The number of hydrogen-bond donors (Lipinski definition) is 5. The standard InChI is InChI=1S/C24H33N3O6/c1-3-30-21-9-16(13-27-17-7-5-15(6-8-17)24(25)26)20(12-22(21)31-4-2)33-23-11-18(29)10-19(14-28)32-23/h5-9,12,18-19,23,27-29H,3-4,10-11,13-14H2,1-2H3,(H3,25,26)/t18?,19-,23-/m0/s1. The van der Waals surface area contributed by atoms with Gasteiger partial charge in [-0.2, -0.15) is 0 Å². The summed E-state index contributed by atoms with van der Waals surface area (Å²) in [5.41, 5.74) is 7.83. The van der Waals surface area contributed by atoms with E-state index in [0.717, 1.165) is 11.3 Å². The molecule has 1 fully saturated rings. The number of nitrogens with two attached hydrogens (primary N) is 1. The molecule has 2 aromatic rings. The Balaban J connectivity index is 1.85. The van der Waals surface area contributed by atoms with E-state index in [4.69, 9.17) is 30.1 Å². The summed E-state index contributed by atoms with van der Waals surface area (Å²) < 4.78 is 23.4. The van der Waals surface area contributed by atoms with Crippen LogP contribution in [0.5, 0.6) is 17.2 Å². The van der Waals surface area contributed by atoms with Gasteiger partial charge in [0, 0.05) is 42.3 Å². The average Bonchev–Trinajstić information content (AvgIpc) is 2.80. The molecule has 180 valence electrons. The van der Waals surface area contributed by atoms with Crippen molar-refractivity contribution >= 4 is 11.5 Å². The first-order chi connectivity index (χ1) is 15.9. The molecule has 9 nitrogen and oxygen atoms in total. The molecule has 33 heavy (non-hydrogen) atoms. The minimum atomic E-state index is -0.702. The van der Waals surface area contributed by atoms with E-state index in [0.29, 0.717) is 55.4 Å². The minimum absolute atomic E-state index is 0.0148. The van der Waals surface area contributed by atoms with Crippen molar-refractivity contribution in [2.75, 3.05) is 25.1 Å².